The van der Waals surface area contributed by atoms with E-state index in [9.17, 15) is 13.6 Å². The van der Waals surface area contributed by atoms with Crippen molar-refractivity contribution in [2.45, 2.75) is 31.6 Å². The van der Waals surface area contributed by atoms with Gasteiger partial charge in [0, 0.05) is 12.6 Å². The molecule has 2 aliphatic rings. The fourth-order valence-electron chi connectivity index (χ4n) is 3.90. The zero-order valence-electron chi connectivity index (χ0n) is 13.4. The van der Waals surface area contributed by atoms with Crippen LogP contribution in [0.3, 0.4) is 0 Å². The van der Waals surface area contributed by atoms with Gasteiger partial charge in [0.1, 0.15) is 5.69 Å². The van der Waals surface area contributed by atoms with E-state index in [-0.39, 0.29) is 5.56 Å². The molecule has 0 unspecified atom stereocenters. The number of nitrogens with two attached hydrogens (primary N) is 1. The number of rotatable bonds is 5. The van der Waals surface area contributed by atoms with Crippen molar-refractivity contribution in [3.63, 3.8) is 0 Å². The van der Waals surface area contributed by atoms with Gasteiger partial charge in [-0.25, -0.2) is 8.78 Å². The largest absolute Gasteiger partial charge is 0.365 e. The summed E-state index contributed by atoms with van der Waals surface area (Å²) in [6.45, 7) is 0. The van der Waals surface area contributed by atoms with Crippen LogP contribution in [-0.2, 0) is 7.05 Å². The second-order valence-electron chi connectivity index (χ2n) is 6.83. The minimum Gasteiger partial charge on any atom is -0.365 e. The summed E-state index contributed by atoms with van der Waals surface area (Å²) < 4.78 is 27.9. The first-order valence-electron chi connectivity index (χ1n) is 8.23. The van der Waals surface area contributed by atoms with Crippen molar-refractivity contribution in [2.24, 2.45) is 24.6 Å². The first kappa shape index (κ1) is 15.3. The standard InChI is InChI=1S/C18H19F2N3O/c1-23-16(14(18(21)24)15(22-23)17(19)20)11-5-3-2-4-10(11)13-8-12(13)9-6-7-9/h2-5,9,12-13,17H,6-8H2,1H3,(H2,21,24)/t12-,13-/m0/s1. The molecule has 0 bridgehead atoms. The Morgan fingerprint density at radius 2 is 2.04 bits per heavy atom. The van der Waals surface area contributed by atoms with E-state index in [0.717, 1.165) is 23.5 Å². The van der Waals surface area contributed by atoms with E-state index in [2.05, 4.69) is 5.10 Å². The summed E-state index contributed by atoms with van der Waals surface area (Å²) >= 11 is 0. The van der Waals surface area contributed by atoms with Gasteiger partial charge < -0.3 is 5.73 Å². The molecule has 2 saturated carbocycles. The Balaban J connectivity index is 1.84. The molecule has 1 amide bonds. The highest BCUT2D eigenvalue weighted by atomic mass is 19.3. The molecular formula is C18H19F2N3O. The second-order valence-corrected chi connectivity index (χ2v) is 6.83. The third-order valence-corrected chi connectivity index (χ3v) is 5.21. The molecule has 24 heavy (non-hydrogen) atoms. The van der Waals surface area contributed by atoms with Gasteiger partial charge in [0.2, 0.25) is 0 Å². The zero-order valence-corrected chi connectivity index (χ0v) is 13.4. The zero-order chi connectivity index (χ0) is 17.0. The SMILES string of the molecule is Cn1nc(C(F)F)c(C(N)=O)c1-c1ccccc1[C@@H]1C[C@H]1C1CC1. The van der Waals surface area contributed by atoms with Gasteiger partial charge in [-0.2, -0.15) is 5.10 Å². The normalized spacial score (nSPS) is 22.8. The Labute approximate surface area is 138 Å². The van der Waals surface area contributed by atoms with Crippen molar-refractivity contribution < 1.29 is 13.6 Å². The highest BCUT2D eigenvalue weighted by Gasteiger charge is 2.48. The number of aromatic nitrogens is 2. The number of nitrogens with zero attached hydrogens (tertiary/aromatic N) is 2. The van der Waals surface area contributed by atoms with E-state index in [4.69, 9.17) is 5.73 Å². The Morgan fingerprint density at radius 1 is 1.33 bits per heavy atom. The number of benzene rings is 1. The van der Waals surface area contributed by atoms with E-state index >= 15 is 0 Å². The molecule has 4 nitrogen and oxygen atoms in total. The predicted molar refractivity (Wildman–Crippen MR) is 85.7 cm³/mol. The average Bonchev–Trinajstić information content (AvgIpc) is 3.42. The molecule has 0 aliphatic heterocycles. The van der Waals surface area contributed by atoms with Crippen LogP contribution in [0.5, 0.6) is 0 Å². The van der Waals surface area contributed by atoms with Crippen LogP contribution in [-0.4, -0.2) is 15.7 Å². The fraction of sp³-hybridized carbons (Fsp3) is 0.444. The maximum absolute atomic E-state index is 13.3. The maximum Gasteiger partial charge on any atom is 0.282 e. The minimum absolute atomic E-state index is 0.163. The smallest absolute Gasteiger partial charge is 0.282 e. The van der Waals surface area contributed by atoms with Crippen LogP contribution in [0, 0.1) is 11.8 Å². The van der Waals surface area contributed by atoms with Gasteiger partial charge in [0.05, 0.1) is 11.3 Å². The van der Waals surface area contributed by atoms with Crippen molar-refractivity contribution in [3.05, 3.63) is 41.1 Å². The minimum atomic E-state index is -2.83. The van der Waals surface area contributed by atoms with Gasteiger partial charge >= 0.3 is 0 Å². The van der Waals surface area contributed by atoms with Crippen molar-refractivity contribution in [3.8, 4) is 11.3 Å². The molecule has 6 heteroatoms. The molecule has 0 saturated heterocycles. The van der Waals surface area contributed by atoms with Crippen molar-refractivity contribution in [1.82, 2.24) is 9.78 Å². The van der Waals surface area contributed by atoms with Crippen molar-refractivity contribution in [1.29, 1.82) is 0 Å². The molecule has 2 fully saturated rings. The van der Waals surface area contributed by atoms with E-state index in [0.29, 0.717) is 17.5 Å². The lowest BCUT2D eigenvalue weighted by Gasteiger charge is -2.11. The van der Waals surface area contributed by atoms with Crippen LogP contribution in [0.2, 0.25) is 0 Å². The average molecular weight is 331 g/mol. The first-order valence-corrected chi connectivity index (χ1v) is 8.23. The molecule has 2 aliphatic carbocycles. The number of hydrogen-bond donors (Lipinski definition) is 1. The molecule has 126 valence electrons. The number of halogens is 2. The topological polar surface area (TPSA) is 60.9 Å². The lowest BCUT2D eigenvalue weighted by atomic mass is 9.95. The summed E-state index contributed by atoms with van der Waals surface area (Å²) in [4.78, 5) is 11.8. The predicted octanol–water partition coefficient (Wildman–Crippen LogP) is 3.64. The van der Waals surface area contributed by atoms with Crippen LogP contribution in [0.25, 0.3) is 11.3 Å². The van der Waals surface area contributed by atoms with Gasteiger partial charge in [0.15, 0.2) is 0 Å². The number of carbonyl (C=O) groups excluding carboxylic acids is 1. The van der Waals surface area contributed by atoms with Crippen molar-refractivity contribution >= 4 is 5.91 Å². The van der Waals surface area contributed by atoms with Gasteiger partial charge in [-0.1, -0.05) is 24.3 Å². The summed E-state index contributed by atoms with van der Waals surface area (Å²) in [7, 11) is 1.58. The number of carbonyl (C=O) groups is 1. The summed E-state index contributed by atoms with van der Waals surface area (Å²) in [6.07, 6.45) is 0.876. The molecule has 0 radical (unpaired) electrons. The van der Waals surface area contributed by atoms with Crippen LogP contribution in [0.1, 0.15) is 53.2 Å². The van der Waals surface area contributed by atoms with Crippen LogP contribution in [0.4, 0.5) is 8.78 Å². The molecule has 1 aromatic carbocycles. The molecule has 1 heterocycles. The maximum atomic E-state index is 13.3. The van der Waals surface area contributed by atoms with E-state index < -0.39 is 18.0 Å². The van der Waals surface area contributed by atoms with Crippen LogP contribution in [0.15, 0.2) is 24.3 Å². The lowest BCUT2D eigenvalue weighted by molar-refractivity contribution is 0.0985. The molecule has 0 spiro atoms. The highest BCUT2D eigenvalue weighted by Crippen LogP contribution is 2.60. The lowest BCUT2D eigenvalue weighted by Crippen LogP contribution is -2.14. The number of hydrogen-bond acceptors (Lipinski definition) is 2. The third kappa shape index (κ3) is 2.41. The van der Waals surface area contributed by atoms with Crippen LogP contribution >= 0.6 is 0 Å². The van der Waals surface area contributed by atoms with E-state index in [1.165, 1.54) is 17.5 Å². The van der Waals surface area contributed by atoms with Gasteiger partial charge in [-0.05, 0) is 42.6 Å². The number of primary amides is 1. The number of aryl methyl sites for hydroxylation is 1. The van der Waals surface area contributed by atoms with Gasteiger partial charge in [-0.15, -0.1) is 0 Å². The Kier molecular flexibility index (Phi) is 3.44. The first-order chi connectivity index (χ1) is 11.5. The quantitative estimate of drug-likeness (QED) is 0.909. The van der Waals surface area contributed by atoms with Crippen molar-refractivity contribution in [2.75, 3.05) is 0 Å². The second kappa shape index (κ2) is 5.40. The van der Waals surface area contributed by atoms with Gasteiger partial charge in [0.25, 0.3) is 12.3 Å². The Bertz CT molecular complexity index is 811. The molecule has 2 N–H and O–H groups in total. The molecular weight excluding hydrogens is 312 g/mol. The summed E-state index contributed by atoms with van der Waals surface area (Å²) in [5, 5.41) is 3.86. The molecule has 4 rings (SSSR count). The number of alkyl halides is 2. The Hall–Kier alpha value is -2.24. The summed E-state index contributed by atoms with van der Waals surface area (Å²) in [6, 6.07) is 7.71. The molecule has 2 atom stereocenters. The Morgan fingerprint density at radius 3 is 2.67 bits per heavy atom. The summed E-state index contributed by atoms with van der Waals surface area (Å²) in [5.41, 5.74) is 7.01. The number of amides is 1. The monoisotopic (exact) mass is 331 g/mol. The molecule has 1 aromatic heterocycles. The third-order valence-electron chi connectivity index (χ3n) is 5.21. The van der Waals surface area contributed by atoms with Gasteiger partial charge in [-0.3, -0.25) is 9.48 Å². The van der Waals surface area contributed by atoms with E-state index in [1.807, 2.05) is 24.3 Å². The van der Waals surface area contributed by atoms with E-state index in [1.54, 1.807) is 7.05 Å². The molecule has 2 aromatic rings. The fourth-order valence-corrected chi connectivity index (χ4v) is 3.90. The highest BCUT2D eigenvalue weighted by molar-refractivity contribution is 6.00. The van der Waals surface area contributed by atoms with Crippen LogP contribution < -0.4 is 5.73 Å². The summed E-state index contributed by atoms with van der Waals surface area (Å²) in [5.74, 6) is 1.07.